The topological polar surface area (TPSA) is 50.5 Å². The lowest BCUT2D eigenvalue weighted by molar-refractivity contribution is -0.123. The third kappa shape index (κ3) is 3.02. The van der Waals surface area contributed by atoms with Crippen molar-refractivity contribution >= 4 is 29.3 Å². The van der Waals surface area contributed by atoms with Crippen LogP contribution in [0.4, 0.5) is 0 Å². The molecule has 0 unspecified atom stereocenters. The molecule has 142 valence electrons. The highest BCUT2D eigenvalue weighted by Crippen LogP contribution is 2.25. The van der Waals surface area contributed by atoms with Gasteiger partial charge in [-0.05, 0) is 50.7 Å². The summed E-state index contributed by atoms with van der Waals surface area (Å²) >= 11 is 5.45. The van der Waals surface area contributed by atoms with Crippen LogP contribution in [-0.2, 0) is 11.8 Å². The Morgan fingerprint density at radius 1 is 1.15 bits per heavy atom. The second kappa shape index (κ2) is 7.15. The van der Waals surface area contributed by atoms with Crippen molar-refractivity contribution in [2.75, 3.05) is 7.05 Å². The first kappa shape index (κ1) is 19.1. The average molecular weight is 385 g/mol. The Labute approximate surface area is 164 Å². The highest BCUT2D eigenvalue weighted by atomic mass is 32.1. The number of thiocarbonyl (C=S) groups is 1. The number of carbonyl (C=O) groups excluding carboxylic acids is 1. The van der Waals surface area contributed by atoms with E-state index in [2.05, 4.69) is 0 Å². The first-order valence-corrected chi connectivity index (χ1v) is 9.37. The van der Waals surface area contributed by atoms with Crippen LogP contribution in [0.3, 0.4) is 0 Å². The summed E-state index contributed by atoms with van der Waals surface area (Å²) < 4.78 is 3.40. The summed E-state index contributed by atoms with van der Waals surface area (Å²) in [5.41, 5.74) is 2.31. The second-order valence-electron chi connectivity index (χ2n) is 6.78. The van der Waals surface area contributed by atoms with Crippen molar-refractivity contribution in [1.29, 1.82) is 0 Å². The maximum Gasteiger partial charge on any atom is 0.279 e. The predicted molar refractivity (Wildman–Crippen MR) is 111 cm³/mol. The zero-order chi connectivity index (χ0) is 19.9. The number of carbonyl (C=O) groups is 1. The Kier molecular flexibility index (Phi) is 5.06. The summed E-state index contributed by atoms with van der Waals surface area (Å²) in [5, 5.41) is 0.470. The lowest BCUT2D eigenvalue weighted by Gasteiger charge is -2.22. The van der Waals surface area contributed by atoms with Crippen LogP contribution in [0, 0.1) is 6.92 Å². The molecular formula is C20H24N4O2S. The molecule has 0 bridgehead atoms. The zero-order valence-corrected chi connectivity index (χ0v) is 17.1. The fourth-order valence-corrected chi connectivity index (χ4v) is 3.60. The SMILES string of the molecule is CC[C@@H](C)N1C(=O)/C(=C\c2c(C)n(C)n(-c3ccccc3)c2=O)N(C)C1=S. The Hall–Kier alpha value is -2.67. The van der Waals surface area contributed by atoms with E-state index in [0.29, 0.717) is 16.4 Å². The fourth-order valence-electron chi connectivity index (χ4n) is 3.24. The van der Waals surface area contributed by atoms with Crippen LogP contribution >= 0.6 is 12.2 Å². The van der Waals surface area contributed by atoms with E-state index in [1.165, 1.54) is 0 Å². The van der Waals surface area contributed by atoms with Gasteiger partial charge in [0.2, 0.25) is 0 Å². The number of likely N-dealkylation sites (N-methyl/N-ethyl adjacent to an activating group) is 1. The standard InChI is InChI=1S/C20H24N4O2S/c1-6-13(2)23-19(26)17(21(4)20(23)27)12-16-14(3)22(5)24(18(16)25)15-10-8-7-9-11-15/h7-13H,6H2,1-5H3/b17-12+/t13-/m1/s1. The molecule has 3 rings (SSSR count). The van der Waals surface area contributed by atoms with Crippen LogP contribution in [0.1, 0.15) is 31.5 Å². The lowest BCUT2D eigenvalue weighted by atomic mass is 10.2. The van der Waals surface area contributed by atoms with Gasteiger partial charge < -0.3 is 4.90 Å². The van der Waals surface area contributed by atoms with E-state index in [9.17, 15) is 9.59 Å². The number of rotatable bonds is 4. The van der Waals surface area contributed by atoms with Gasteiger partial charge >= 0.3 is 0 Å². The third-order valence-electron chi connectivity index (χ3n) is 5.20. The summed E-state index contributed by atoms with van der Waals surface area (Å²) in [5.74, 6) is -0.161. The number of amides is 1. The molecule has 0 saturated carbocycles. The largest absolute Gasteiger partial charge is 0.317 e. The number of hydrogen-bond acceptors (Lipinski definition) is 3. The fraction of sp³-hybridized carbons (Fsp3) is 0.350. The quantitative estimate of drug-likeness (QED) is 0.601. The molecule has 2 heterocycles. The smallest absolute Gasteiger partial charge is 0.279 e. The molecule has 0 aliphatic carbocycles. The van der Waals surface area contributed by atoms with Crippen LogP contribution in [0.2, 0.25) is 0 Å². The van der Waals surface area contributed by atoms with Crippen molar-refractivity contribution in [2.24, 2.45) is 7.05 Å². The van der Waals surface area contributed by atoms with Crippen molar-refractivity contribution in [2.45, 2.75) is 33.2 Å². The normalized spacial score (nSPS) is 17.3. The van der Waals surface area contributed by atoms with Gasteiger partial charge in [0.05, 0.1) is 11.3 Å². The van der Waals surface area contributed by atoms with E-state index in [4.69, 9.17) is 12.2 Å². The lowest BCUT2D eigenvalue weighted by Crippen LogP contribution is -2.38. The Balaban J connectivity index is 2.12. The summed E-state index contributed by atoms with van der Waals surface area (Å²) in [6.07, 6.45) is 2.46. The molecule has 1 fully saturated rings. The van der Waals surface area contributed by atoms with E-state index < -0.39 is 0 Å². The molecule has 1 aromatic heterocycles. The van der Waals surface area contributed by atoms with Gasteiger partial charge in [-0.1, -0.05) is 25.1 Å². The molecule has 1 saturated heterocycles. The van der Waals surface area contributed by atoms with Crippen molar-refractivity contribution in [1.82, 2.24) is 19.2 Å². The van der Waals surface area contributed by atoms with Gasteiger partial charge in [0.15, 0.2) is 5.11 Å². The predicted octanol–water partition coefficient (Wildman–Crippen LogP) is 2.68. The van der Waals surface area contributed by atoms with Crippen LogP contribution in [0.15, 0.2) is 40.8 Å². The van der Waals surface area contributed by atoms with E-state index in [0.717, 1.165) is 17.8 Å². The van der Waals surface area contributed by atoms with Gasteiger partial charge in [0.1, 0.15) is 5.70 Å². The van der Waals surface area contributed by atoms with Gasteiger partial charge in [-0.15, -0.1) is 0 Å². The van der Waals surface area contributed by atoms with E-state index in [1.54, 1.807) is 32.3 Å². The number of aromatic nitrogens is 2. The first-order valence-electron chi connectivity index (χ1n) is 8.96. The van der Waals surface area contributed by atoms with E-state index in [-0.39, 0.29) is 17.5 Å². The number of hydrogen-bond donors (Lipinski definition) is 0. The molecule has 1 aromatic carbocycles. The molecule has 1 amide bonds. The first-order chi connectivity index (χ1) is 12.8. The Morgan fingerprint density at radius 2 is 1.78 bits per heavy atom. The van der Waals surface area contributed by atoms with Gasteiger partial charge in [0, 0.05) is 25.8 Å². The highest BCUT2D eigenvalue weighted by molar-refractivity contribution is 7.80. The summed E-state index contributed by atoms with van der Waals surface area (Å²) in [6.45, 7) is 5.86. The van der Waals surface area contributed by atoms with Crippen molar-refractivity contribution < 1.29 is 4.79 Å². The Bertz CT molecular complexity index is 987. The molecule has 1 aliphatic heterocycles. The maximum absolute atomic E-state index is 13.1. The third-order valence-corrected chi connectivity index (χ3v) is 5.67. The highest BCUT2D eigenvalue weighted by Gasteiger charge is 2.38. The van der Waals surface area contributed by atoms with Gasteiger partial charge in [-0.25, -0.2) is 4.68 Å². The number of para-hydroxylation sites is 1. The minimum absolute atomic E-state index is 0.0104. The number of nitrogens with zero attached hydrogens (tertiary/aromatic N) is 4. The molecule has 1 atom stereocenters. The van der Waals surface area contributed by atoms with Crippen LogP contribution in [0.5, 0.6) is 0 Å². The minimum Gasteiger partial charge on any atom is -0.317 e. The maximum atomic E-state index is 13.1. The second-order valence-corrected chi connectivity index (χ2v) is 7.14. The molecular weight excluding hydrogens is 360 g/mol. The van der Waals surface area contributed by atoms with E-state index >= 15 is 0 Å². The average Bonchev–Trinajstić information content (AvgIpc) is 3.00. The molecule has 1 aliphatic rings. The van der Waals surface area contributed by atoms with E-state index in [1.807, 2.05) is 58.2 Å². The summed E-state index contributed by atoms with van der Waals surface area (Å²) in [7, 11) is 3.60. The number of benzene rings is 1. The molecule has 6 nitrogen and oxygen atoms in total. The molecule has 2 aromatic rings. The summed E-state index contributed by atoms with van der Waals surface area (Å²) in [4.78, 5) is 29.3. The molecule has 7 heteroatoms. The van der Waals surface area contributed by atoms with Crippen LogP contribution < -0.4 is 5.56 Å². The van der Waals surface area contributed by atoms with Crippen molar-refractivity contribution in [3.05, 3.63) is 57.6 Å². The van der Waals surface area contributed by atoms with Crippen molar-refractivity contribution in [3.63, 3.8) is 0 Å². The van der Waals surface area contributed by atoms with Gasteiger partial charge in [0.25, 0.3) is 11.5 Å². The molecule has 27 heavy (non-hydrogen) atoms. The minimum atomic E-state index is -0.164. The molecule has 0 radical (unpaired) electrons. The molecule has 0 N–H and O–H groups in total. The van der Waals surface area contributed by atoms with Crippen LogP contribution in [0.25, 0.3) is 11.8 Å². The van der Waals surface area contributed by atoms with Gasteiger partial charge in [-0.2, -0.15) is 0 Å². The molecule has 0 spiro atoms. The zero-order valence-electron chi connectivity index (χ0n) is 16.3. The van der Waals surface area contributed by atoms with Gasteiger partial charge in [-0.3, -0.25) is 19.2 Å². The Morgan fingerprint density at radius 3 is 2.37 bits per heavy atom. The van der Waals surface area contributed by atoms with Crippen LogP contribution in [-0.4, -0.2) is 43.3 Å². The summed E-state index contributed by atoms with van der Waals surface area (Å²) in [6, 6.07) is 9.45. The monoisotopic (exact) mass is 384 g/mol. The van der Waals surface area contributed by atoms with Crippen molar-refractivity contribution in [3.8, 4) is 5.69 Å².